The number of hydrogen-bond donors (Lipinski definition) is 1. The van der Waals surface area contributed by atoms with Crippen LogP contribution in [0.3, 0.4) is 0 Å². The molecule has 0 aliphatic carbocycles. The van der Waals surface area contributed by atoms with Crippen LogP contribution in [-0.2, 0) is 6.54 Å². The number of nitrogens with zero attached hydrogens (tertiary/aromatic N) is 3. The van der Waals surface area contributed by atoms with Crippen molar-refractivity contribution >= 4 is 5.91 Å². The predicted octanol–water partition coefficient (Wildman–Crippen LogP) is 3.87. The van der Waals surface area contributed by atoms with E-state index in [9.17, 15) is 4.79 Å². The summed E-state index contributed by atoms with van der Waals surface area (Å²) in [5.74, 6) is 1.05. The van der Waals surface area contributed by atoms with Crippen molar-refractivity contribution in [1.82, 2.24) is 20.2 Å². The molecule has 1 unspecified atom stereocenters. The lowest BCUT2D eigenvalue weighted by molar-refractivity contribution is 0.0883. The topological polar surface area (TPSA) is 67.3 Å². The normalized spacial score (nSPS) is 15.9. The monoisotopic (exact) mass is 416 g/mol. The van der Waals surface area contributed by atoms with E-state index in [2.05, 4.69) is 32.3 Å². The number of ether oxygens (including phenoxy) is 1. The first-order chi connectivity index (χ1) is 15.2. The molecule has 1 saturated heterocycles. The van der Waals surface area contributed by atoms with E-state index in [4.69, 9.17) is 4.74 Å². The zero-order chi connectivity index (χ0) is 21.5. The lowest BCUT2D eigenvalue weighted by Crippen LogP contribution is -2.41. The molecule has 31 heavy (non-hydrogen) atoms. The van der Waals surface area contributed by atoms with Gasteiger partial charge in [0.05, 0.1) is 18.8 Å². The fourth-order valence-corrected chi connectivity index (χ4v) is 4.14. The molecule has 0 spiro atoms. The first kappa shape index (κ1) is 21.0. The van der Waals surface area contributed by atoms with Gasteiger partial charge in [-0.2, -0.15) is 0 Å². The maximum absolute atomic E-state index is 12.8. The highest BCUT2D eigenvalue weighted by atomic mass is 16.5. The van der Waals surface area contributed by atoms with Gasteiger partial charge in [-0.05, 0) is 73.8 Å². The van der Waals surface area contributed by atoms with Gasteiger partial charge in [-0.1, -0.05) is 24.3 Å². The zero-order valence-electron chi connectivity index (χ0n) is 17.8. The van der Waals surface area contributed by atoms with Gasteiger partial charge in [-0.25, -0.2) is 0 Å². The van der Waals surface area contributed by atoms with Crippen molar-refractivity contribution < 1.29 is 9.53 Å². The maximum atomic E-state index is 12.8. The average molecular weight is 417 g/mol. The first-order valence-electron chi connectivity index (χ1n) is 10.7. The second-order valence-electron chi connectivity index (χ2n) is 7.88. The molecule has 4 rings (SSSR count). The first-order valence-corrected chi connectivity index (χ1v) is 10.7. The summed E-state index contributed by atoms with van der Waals surface area (Å²) in [6, 6.07) is 19.4. The molecule has 1 N–H and O–H groups in total. The summed E-state index contributed by atoms with van der Waals surface area (Å²) in [6.45, 7) is 2.89. The molecule has 3 aromatic rings. The van der Waals surface area contributed by atoms with Crippen molar-refractivity contribution in [3.05, 3.63) is 90.0 Å². The van der Waals surface area contributed by atoms with Crippen LogP contribution >= 0.6 is 0 Å². The largest absolute Gasteiger partial charge is 0.497 e. The van der Waals surface area contributed by atoms with Gasteiger partial charge >= 0.3 is 0 Å². The minimum absolute atomic E-state index is 0.126. The molecular formula is C25H28N4O2. The maximum Gasteiger partial charge on any atom is 0.270 e. The molecule has 1 atom stereocenters. The van der Waals surface area contributed by atoms with Gasteiger partial charge in [0.25, 0.3) is 5.91 Å². The molecule has 1 aliphatic heterocycles. The minimum Gasteiger partial charge on any atom is -0.497 e. The number of piperidine rings is 1. The molecular weight excluding hydrogens is 388 g/mol. The van der Waals surface area contributed by atoms with Crippen LogP contribution in [0.2, 0.25) is 0 Å². The minimum atomic E-state index is -0.156. The molecule has 2 aromatic heterocycles. The van der Waals surface area contributed by atoms with Gasteiger partial charge in [0.2, 0.25) is 0 Å². The highest BCUT2D eigenvalue weighted by Gasteiger charge is 2.30. The summed E-state index contributed by atoms with van der Waals surface area (Å²) in [7, 11) is 1.68. The van der Waals surface area contributed by atoms with E-state index in [-0.39, 0.29) is 11.9 Å². The van der Waals surface area contributed by atoms with Crippen molar-refractivity contribution in [2.75, 3.05) is 20.2 Å². The van der Waals surface area contributed by atoms with Gasteiger partial charge in [0.1, 0.15) is 11.4 Å². The predicted molar refractivity (Wildman–Crippen MR) is 120 cm³/mol. The van der Waals surface area contributed by atoms with Crippen LogP contribution < -0.4 is 10.1 Å². The number of amides is 1. The molecule has 1 aromatic carbocycles. The Kier molecular flexibility index (Phi) is 6.89. The Morgan fingerprint density at radius 3 is 2.35 bits per heavy atom. The van der Waals surface area contributed by atoms with Crippen LogP contribution in [0, 0.1) is 5.92 Å². The Bertz CT molecular complexity index is 956. The number of methoxy groups -OCH3 is 1. The Morgan fingerprint density at radius 1 is 1.03 bits per heavy atom. The van der Waals surface area contributed by atoms with Crippen molar-refractivity contribution in [2.24, 2.45) is 5.92 Å². The molecule has 3 heterocycles. The van der Waals surface area contributed by atoms with Crippen molar-refractivity contribution in [3.63, 3.8) is 0 Å². The van der Waals surface area contributed by atoms with E-state index in [1.54, 1.807) is 25.6 Å². The van der Waals surface area contributed by atoms with E-state index < -0.39 is 0 Å². The Balaban J connectivity index is 1.41. The Morgan fingerprint density at radius 2 is 1.74 bits per heavy atom. The lowest BCUT2D eigenvalue weighted by Gasteiger charge is -2.36. The summed E-state index contributed by atoms with van der Waals surface area (Å²) in [4.78, 5) is 24.0. The number of pyridine rings is 2. The van der Waals surface area contributed by atoms with E-state index >= 15 is 0 Å². The number of benzene rings is 1. The highest BCUT2D eigenvalue weighted by molar-refractivity contribution is 5.92. The quantitative estimate of drug-likeness (QED) is 0.633. The number of rotatable bonds is 7. The number of likely N-dealkylation sites (tertiary alicyclic amines) is 1. The molecule has 0 radical (unpaired) electrons. The number of carbonyl (C=O) groups excluding carboxylic acids is 1. The number of carbonyl (C=O) groups is 1. The average Bonchev–Trinajstić information content (AvgIpc) is 2.84. The van der Waals surface area contributed by atoms with Gasteiger partial charge < -0.3 is 10.1 Å². The molecule has 6 heteroatoms. The second kappa shape index (κ2) is 10.2. The van der Waals surface area contributed by atoms with E-state index in [0.29, 0.717) is 11.6 Å². The van der Waals surface area contributed by atoms with Crippen LogP contribution in [0.15, 0.2) is 73.1 Å². The van der Waals surface area contributed by atoms with Crippen LogP contribution in [0.5, 0.6) is 5.75 Å². The van der Waals surface area contributed by atoms with Crippen molar-refractivity contribution in [3.8, 4) is 5.75 Å². The smallest absolute Gasteiger partial charge is 0.270 e. The Labute approximate surface area is 183 Å². The van der Waals surface area contributed by atoms with Crippen LogP contribution in [0.1, 0.15) is 40.6 Å². The lowest BCUT2D eigenvalue weighted by atomic mass is 9.87. The second-order valence-corrected chi connectivity index (χ2v) is 7.88. The van der Waals surface area contributed by atoms with E-state index in [0.717, 1.165) is 43.9 Å². The van der Waals surface area contributed by atoms with Crippen LogP contribution in [-0.4, -0.2) is 41.0 Å². The van der Waals surface area contributed by atoms with Gasteiger partial charge in [0, 0.05) is 18.9 Å². The molecule has 160 valence electrons. The molecule has 1 aliphatic rings. The van der Waals surface area contributed by atoms with E-state index in [1.807, 2.05) is 42.5 Å². The van der Waals surface area contributed by atoms with Crippen molar-refractivity contribution in [1.29, 1.82) is 0 Å². The number of nitrogens with one attached hydrogen (secondary N) is 1. The molecule has 1 amide bonds. The third-order valence-electron chi connectivity index (χ3n) is 5.86. The Hall–Kier alpha value is -3.25. The zero-order valence-corrected chi connectivity index (χ0v) is 17.8. The number of hydrogen-bond acceptors (Lipinski definition) is 5. The molecule has 0 bridgehead atoms. The third kappa shape index (κ3) is 5.47. The number of aromatic nitrogens is 2. The van der Waals surface area contributed by atoms with Gasteiger partial charge in [-0.15, -0.1) is 0 Å². The standard InChI is InChI=1S/C25H28N4O2/c1-31-21-10-8-19(9-11-21)18-29-16-12-20(13-17-29)24(22-6-2-4-14-26-22)28-25(30)23-7-3-5-15-27-23/h2-11,14-15,20,24H,12-13,16-18H2,1H3,(H,28,30). The van der Waals surface area contributed by atoms with E-state index in [1.165, 1.54) is 5.56 Å². The SMILES string of the molecule is COc1ccc(CN2CCC(C(NC(=O)c3ccccn3)c3ccccn3)CC2)cc1. The van der Waals surface area contributed by atoms with Gasteiger partial charge in [0.15, 0.2) is 0 Å². The fraction of sp³-hybridized carbons (Fsp3) is 0.320. The van der Waals surface area contributed by atoms with Gasteiger partial charge in [-0.3, -0.25) is 19.7 Å². The summed E-state index contributed by atoms with van der Waals surface area (Å²) in [5.41, 5.74) is 2.62. The molecule has 0 saturated carbocycles. The van der Waals surface area contributed by atoms with Crippen LogP contribution in [0.4, 0.5) is 0 Å². The summed E-state index contributed by atoms with van der Waals surface area (Å²) >= 11 is 0. The van der Waals surface area contributed by atoms with Crippen LogP contribution in [0.25, 0.3) is 0 Å². The summed E-state index contributed by atoms with van der Waals surface area (Å²) in [6.07, 6.45) is 5.43. The summed E-state index contributed by atoms with van der Waals surface area (Å²) in [5, 5.41) is 3.20. The summed E-state index contributed by atoms with van der Waals surface area (Å²) < 4.78 is 5.25. The molecule has 1 fully saturated rings. The molecule has 6 nitrogen and oxygen atoms in total. The van der Waals surface area contributed by atoms with Crippen molar-refractivity contribution in [2.45, 2.75) is 25.4 Å². The fourth-order valence-electron chi connectivity index (χ4n) is 4.14. The third-order valence-corrected chi connectivity index (χ3v) is 5.86. The highest BCUT2D eigenvalue weighted by Crippen LogP contribution is 2.31.